The van der Waals surface area contributed by atoms with E-state index >= 15 is 0 Å². The third-order valence-electron chi connectivity index (χ3n) is 0. The molecule has 0 saturated carbocycles. The Bertz CT molecular complexity index is 37.3. The average molecular weight is 150 g/mol. The number of nitriles is 1. The first-order valence-electron chi connectivity index (χ1n) is 1.70. The summed E-state index contributed by atoms with van der Waals surface area (Å²) in [6.07, 6.45) is 0. The van der Waals surface area contributed by atoms with Crippen LogP contribution in [0.3, 0.4) is 0 Å². The number of hydrogen-bond donors (Lipinski definition) is 0. The van der Waals surface area contributed by atoms with E-state index in [1.807, 2.05) is 6.92 Å². The van der Waals surface area contributed by atoms with Gasteiger partial charge in [0.1, 0.15) is 0 Å². The lowest BCUT2D eigenvalue weighted by molar-refractivity contribution is 1.49. The van der Waals surface area contributed by atoms with Crippen LogP contribution in [0.2, 0.25) is 0 Å². The molecule has 36 valence electrons. The normalized spacial score (nSPS) is 4.33. The van der Waals surface area contributed by atoms with Gasteiger partial charge in [0.2, 0.25) is 0 Å². The third kappa shape index (κ3) is 38900. The van der Waals surface area contributed by atoms with Crippen LogP contribution in [0.25, 0.3) is 0 Å². The van der Waals surface area contributed by atoms with Crippen molar-refractivity contribution in [2.45, 2.75) is 13.8 Å². The van der Waals surface area contributed by atoms with Gasteiger partial charge in [0.15, 0.2) is 0 Å². The smallest absolute Gasteiger partial charge is 0.0587 e. The number of rotatable bonds is 0. The van der Waals surface area contributed by atoms with Gasteiger partial charge in [0.25, 0.3) is 0 Å². The average Bonchev–Trinajstić information content (AvgIpc) is 1.39. The molecule has 0 atom stereocenters. The molecule has 0 aliphatic heterocycles. The summed E-state index contributed by atoms with van der Waals surface area (Å²) < 4.78 is 0. The van der Waals surface area contributed by atoms with E-state index in [0.717, 1.165) is 5.33 Å². The van der Waals surface area contributed by atoms with Crippen molar-refractivity contribution < 1.29 is 0 Å². The van der Waals surface area contributed by atoms with Crippen molar-refractivity contribution in [2.75, 3.05) is 5.33 Å². The summed E-state index contributed by atoms with van der Waals surface area (Å²) in [5.41, 5.74) is 0. The van der Waals surface area contributed by atoms with E-state index in [4.69, 9.17) is 5.26 Å². The van der Waals surface area contributed by atoms with Gasteiger partial charge in [-0.25, -0.2) is 0 Å². The Morgan fingerprint density at radius 3 is 1.83 bits per heavy atom. The van der Waals surface area contributed by atoms with Crippen LogP contribution < -0.4 is 0 Å². The summed E-state index contributed by atoms with van der Waals surface area (Å²) >= 11 is 3.15. The fraction of sp³-hybridized carbons (Fsp3) is 0.750. The summed E-state index contributed by atoms with van der Waals surface area (Å²) in [4.78, 5) is 0. The quantitative estimate of drug-likeness (QED) is 0.484. The molecule has 0 N–H and O–H groups in total. The molecule has 0 fully saturated rings. The lowest BCUT2D eigenvalue weighted by atomic mass is 11.0. The van der Waals surface area contributed by atoms with Crippen molar-refractivity contribution in [3.8, 4) is 6.07 Å². The van der Waals surface area contributed by atoms with Crippen LogP contribution >= 0.6 is 15.9 Å². The van der Waals surface area contributed by atoms with Crippen LogP contribution in [0.5, 0.6) is 0 Å². The molecule has 0 aliphatic rings. The Morgan fingerprint density at radius 2 is 1.83 bits per heavy atom. The SMILES string of the molecule is CC#N.CCBr. The molecule has 0 bridgehead atoms. The minimum Gasteiger partial charge on any atom is -0.199 e. The Hall–Kier alpha value is -0.0300. The molecule has 0 aromatic carbocycles. The Morgan fingerprint density at radius 1 is 1.83 bits per heavy atom. The van der Waals surface area contributed by atoms with E-state index < -0.39 is 0 Å². The van der Waals surface area contributed by atoms with Gasteiger partial charge in [-0.05, 0) is 0 Å². The lowest BCUT2D eigenvalue weighted by Crippen LogP contribution is -1.34. The predicted molar refractivity (Wildman–Crippen MR) is 30.8 cm³/mol. The molecule has 0 aromatic heterocycles. The van der Waals surface area contributed by atoms with Crippen molar-refractivity contribution in [2.24, 2.45) is 0 Å². The molecule has 2 heteroatoms. The standard InChI is InChI=1S/C2H5Br.C2H3N/c2*1-2-3/h2H2,1H3;1H3. The highest BCUT2D eigenvalue weighted by atomic mass is 79.9. The van der Waals surface area contributed by atoms with Crippen molar-refractivity contribution >= 4 is 15.9 Å². The molecule has 0 heterocycles. The summed E-state index contributed by atoms with van der Waals surface area (Å²) in [6, 6.07) is 1.75. The molecule has 6 heavy (non-hydrogen) atoms. The second-order valence-corrected chi connectivity index (χ2v) is 1.61. The van der Waals surface area contributed by atoms with Crippen LogP contribution in [0, 0.1) is 11.3 Å². The molecule has 1 nitrogen and oxygen atoms in total. The molecule has 0 aromatic rings. The first kappa shape index (κ1) is 9.36. The van der Waals surface area contributed by atoms with Gasteiger partial charge in [-0.2, -0.15) is 5.26 Å². The fourth-order valence-corrected chi connectivity index (χ4v) is 0. The van der Waals surface area contributed by atoms with Crippen LogP contribution in [0.15, 0.2) is 0 Å². The van der Waals surface area contributed by atoms with Crippen LogP contribution in [-0.2, 0) is 0 Å². The van der Waals surface area contributed by atoms with E-state index in [2.05, 4.69) is 15.9 Å². The zero-order valence-corrected chi connectivity index (χ0v) is 5.62. The van der Waals surface area contributed by atoms with Gasteiger partial charge in [0.05, 0.1) is 6.07 Å². The minimum atomic E-state index is 1.06. The van der Waals surface area contributed by atoms with Gasteiger partial charge >= 0.3 is 0 Å². The highest BCUT2D eigenvalue weighted by Crippen LogP contribution is 1.67. The third-order valence-corrected chi connectivity index (χ3v) is 0. The maximum atomic E-state index is 7.32. The van der Waals surface area contributed by atoms with Gasteiger partial charge in [-0.3, -0.25) is 0 Å². The fourth-order valence-electron chi connectivity index (χ4n) is 0. The topological polar surface area (TPSA) is 23.8 Å². The first-order valence-corrected chi connectivity index (χ1v) is 2.82. The van der Waals surface area contributed by atoms with Crippen molar-refractivity contribution in [1.82, 2.24) is 0 Å². The highest BCUT2D eigenvalue weighted by molar-refractivity contribution is 9.09. The molecular formula is C4H8BrN. The molecule has 0 unspecified atom stereocenters. The molecule has 0 rings (SSSR count). The van der Waals surface area contributed by atoms with Crippen LogP contribution in [0.4, 0.5) is 0 Å². The highest BCUT2D eigenvalue weighted by Gasteiger charge is 1.38. The molecule has 0 spiro atoms. The van der Waals surface area contributed by atoms with E-state index in [1.54, 1.807) is 6.07 Å². The molecule has 0 amide bonds. The Kier molecular flexibility index (Phi) is 31.5. The van der Waals surface area contributed by atoms with E-state index in [9.17, 15) is 0 Å². The Labute approximate surface area is 47.1 Å². The monoisotopic (exact) mass is 149 g/mol. The second kappa shape index (κ2) is 20.2. The zero-order chi connectivity index (χ0) is 5.41. The van der Waals surface area contributed by atoms with Crippen LogP contribution in [-0.4, -0.2) is 5.33 Å². The first-order chi connectivity index (χ1) is 2.83. The number of hydrogen-bond acceptors (Lipinski definition) is 1. The second-order valence-electron chi connectivity index (χ2n) is 0.491. The van der Waals surface area contributed by atoms with Crippen molar-refractivity contribution in [3.63, 3.8) is 0 Å². The van der Waals surface area contributed by atoms with Crippen LogP contribution in [0.1, 0.15) is 13.8 Å². The van der Waals surface area contributed by atoms with Gasteiger partial charge in [0, 0.05) is 12.3 Å². The molecule has 0 aliphatic carbocycles. The molecule has 0 radical (unpaired) electrons. The van der Waals surface area contributed by atoms with Crippen molar-refractivity contribution in [3.05, 3.63) is 0 Å². The number of halogens is 1. The van der Waals surface area contributed by atoms with Gasteiger partial charge < -0.3 is 0 Å². The summed E-state index contributed by atoms with van der Waals surface area (Å²) in [6.45, 7) is 3.47. The number of nitrogens with zero attached hydrogens (tertiary/aromatic N) is 1. The molecule has 0 saturated heterocycles. The van der Waals surface area contributed by atoms with E-state index in [0.29, 0.717) is 0 Å². The summed E-state index contributed by atoms with van der Waals surface area (Å²) in [7, 11) is 0. The lowest BCUT2D eigenvalue weighted by Gasteiger charge is -1.45. The molecular weight excluding hydrogens is 142 g/mol. The van der Waals surface area contributed by atoms with Crippen molar-refractivity contribution in [1.29, 1.82) is 5.26 Å². The van der Waals surface area contributed by atoms with Gasteiger partial charge in [-0.1, -0.05) is 22.9 Å². The van der Waals surface area contributed by atoms with Gasteiger partial charge in [-0.15, -0.1) is 0 Å². The number of alkyl halides is 1. The Balaban J connectivity index is 0. The summed E-state index contributed by atoms with van der Waals surface area (Å²) in [5.74, 6) is 0. The van der Waals surface area contributed by atoms with E-state index in [1.165, 1.54) is 6.92 Å². The summed E-state index contributed by atoms with van der Waals surface area (Å²) in [5, 5.41) is 8.38. The largest absolute Gasteiger partial charge is 0.199 e. The maximum Gasteiger partial charge on any atom is 0.0587 e. The predicted octanol–water partition coefficient (Wildman–Crippen LogP) is 1.93. The van der Waals surface area contributed by atoms with E-state index in [-0.39, 0.29) is 0 Å². The zero-order valence-electron chi connectivity index (χ0n) is 4.03. The maximum absolute atomic E-state index is 7.32. The minimum absolute atomic E-state index is 1.06.